The molecule has 0 rings (SSSR count). The van der Waals surface area contributed by atoms with Gasteiger partial charge in [-0.25, -0.2) is 4.57 Å². The molecule has 0 aromatic rings. The number of nitrogens with zero attached hydrogens (tertiary/aromatic N) is 1. The lowest BCUT2D eigenvalue weighted by molar-refractivity contribution is -0.870. The number of unbranched alkanes of at least 4 members (excludes halogenated alkanes) is 28. The predicted molar refractivity (Wildman–Crippen MR) is 252 cm³/mol. The summed E-state index contributed by atoms with van der Waals surface area (Å²) in [6.45, 7) is 4.43. The first-order valence-corrected chi connectivity index (χ1v) is 26.6. The van der Waals surface area contributed by atoms with Crippen molar-refractivity contribution in [3.8, 4) is 0 Å². The van der Waals surface area contributed by atoms with Gasteiger partial charge in [0.25, 0.3) is 0 Å². The summed E-state index contributed by atoms with van der Waals surface area (Å²) in [6.07, 6.45) is 47.9. The van der Waals surface area contributed by atoms with E-state index in [0.29, 0.717) is 23.9 Å². The van der Waals surface area contributed by atoms with Crippen LogP contribution in [0.3, 0.4) is 0 Å². The molecule has 354 valence electrons. The summed E-state index contributed by atoms with van der Waals surface area (Å²) < 4.78 is 34.4. The zero-order valence-corrected chi connectivity index (χ0v) is 40.9. The van der Waals surface area contributed by atoms with E-state index in [4.69, 9.17) is 18.5 Å². The van der Waals surface area contributed by atoms with Gasteiger partial charge in [-0.15, -0.1) is 0 Å². The molecule has 0 aliphatic carbocycles. The quantitative estimate of drug-likeness (QED) is 0.0212. The number of esters is 2. The summed E-state index contributed by atoms with van der Waals surface area (Å²) in [5, 5.41) is 0. The van der Waals surface area contributed by atoms with E-state index in [0.717, 1.165) is 51.4 Å². The summed E-state index contributed by atoms with van der Waals surface area (Å²) in [5.41, 5.74) is 0. The summed E-state index contributed by atoms with van der Waals surface area (Å²) in [7, 11) is 1.48. The second-order valence-electron chi connectivity index (χ2n) is 18.2. The number of hydrogen-bond donors (Lipinski definition) is 1. The molecule has 0 aromatic heterocycles. The predicted octanol–water partition coefficient (Wildman–Crippen LogP) is 14.7. The van der Waals surface area contributed by atoms with Crippen LogP contribution >= 0.6 is 7.82 Å². The maximum atomic E-state index is 12.7. The number of carbonyl (C=O) groups is 2. The van der Waals surface area contributed by atoms with Crippen molar-refractivity contribution in [3.05, 3.63) is 24.3 Å². The zero-order valence-electron chi connectivity index (χ0n) is 40.0. The summed E-state index contributed by atoms with van der Waals surface area (Å²) in [4.78, 5) is 35.5. The Kier molecular flexibility index (Phi) is 41.7. The normalized spacial score (nSPS) is 13.6. The SMILES string of the molecule is CCCCC/C=C\C/C=C\CCCCCCCCCC(=O)OC(COC(=O)CCCCCCCCCCCCCCCCCCCCC)COP(=O)(O)OCC[N+](C)(C)C. The van der Waals surface area contributed by atoms with Crippen molar-refractivity contribution in [2.75, 3.05) is 47.5 Å². The molecule has 0 fully saturated rings. The van der Waals surface area contributed by atoms with Crippen LogP contribution in [0.2, 0.25) is 0 Å². The monoisotopic (exact) mass is 871 g/mol. The minimum Gasteiger partial charge on any atom is -0.462 e. The third-order valence-corrected chi connectivity index (χ3v) is 12.0. The number of phosphoric ester groups is 1. The number of phosphoric acid groups is 1. The molecule has 60 heavy (non-hydrogen) atoms. The first-order chi connectivity index (χ1) is 29.0. The van der Waals surface area contributed by atoms with Crippen molar-refractivity contribution in [1.82, 2.24) is 0 Å². The molecule has 1 N–H and O–H groups in total. The van der Waals surface area contributed by atoms with Crippen molar-refractivity contribution in [1.29, 1.82) is 0 Å². The van der Waals surface area contributed by atoms with Crippen molar-refractivity contribution in [2.24, 2.45) is 0 Å². The molecule has 0 saturated carbocycles. The molecule has 0 heterocycles. The Morgan fingerprint density at radius 1 is 0.517 bits per heavy atom. The molecule has 10 heteroatoms. The molecule has 9 nitrogen and oxygen atoms in total. The highest BCUT2D eigenvalue weighted by molar-refractivity contribution is 7.47. The third-order valence-electron chi connectivity index (χ3n) is 11.0. The Bertz CT molecular complexity index is 1070. The van der Waals surface area contributed by atoms with Crippen molar-refractivity contribution < 1.29 is 42.1 Å². The van der Waals surface area contributed by atoms with Crippen molar-refractivity contribution >= 4 is 19.8 Å². The Labute approximate surface area is 370 Å². The van der Waals surface area contributed by atoms with E-state index in [1.807, 2.05) is 21.1 Å². The Balaban J connectivity index is 4.25. The van der Waals surface area contributed by atoms with Gasteiger partial charge in [-0.05, 0) is 44.9 Å². The molecule has 2 unspecified atom stereocenters. The van der Waals surface area contributed by atoms with Crippen LogP contribution < -0.4 is 0 Å². The third kappa shape index (κ3) is 46.0. The molecule has 0 aliphatic heterocycles. The van der Waals surface area contributed by atoms with Crippen LogP contribution in [0, 0.1) is 0 Å². The van der Waals surface area contributed by atoms with Crippen LogP contribution in [0.4, 0.5) is 0 Å². The lowest BCUT2D eigenvalue weighted by Crippen LogP contribution is -2.37. The minimum absolute atomic E-state index is 0.0321. The molecule has 0 spiro atoms. The van der Waals surface area contributed by atoms with E-state index in [1.54, 1.807) is 0 Å². The number of quaternary nitrogens is 1. The molecule has 0 amide bonds. The summed E-state index contributed by atoms with van der Waals surface area (Å²) >= 11 is 0. The van der Waals surface area contributed by atoms with E-state index in [-0.39, 0.29) is 25.6 Å². The van der Waals surface area contributed by atoms with Crippen LogP contribution in [-0.4, -0.2) is 74.9 Å². The second kappa shape index (κ2) is 42.8. The highest BCUT2D eigenvalue weighted by Crippen LogP contribution is 2.43. The van der Waals surface area contributed by atoms with Gasteiger partial charge in [-0.2, -0.15) is 0 Å². The fraction of sp³-hybridized carbons (Fsp3) is 0.880. The molecular weight excluding hydrogens is 774 g/mol. The van der Waals surface area contributed by atoms with Crippen LogP contribution in [0.5, 0.6) is 0 Å². The topological polar surface area (TPSA) is 108 Å². The van der Waals surface area contributed by atoms with Crippen LogP contribution in [-0.2, 0) is 32.7 Å². The number of ether oxygens (including phenoxy) is 2. The van der Waals surface area contributed by atoms with Crippen molar-refractivity contribution in [2.45, 2.75) is 238 Å². The van der Waals surface area contributed by atoms with Gasteiger partial charge >= 0.3 is 19.8 Å². The van der Waals surface area contributed by atoms with E-state index >= 15 is 0 Å². The van der Waals surface area contributed by atoms with Gasteiger partial charge in [0.1, 0.15) is 19.8 Å². The van der Waals surface area contributed by atoms with Crippen LogP contribution in [0.1, 0.15) is 232 Å². The fourth-order valence-corrected chi connectivity index (χ4v) is 7.79. The van der Waals surface area contributed by atoms with E-state index in [1.165, 1.54) is 148 Å². The lowest BCUT2D eigenvalue weighted by atomic mass is 10.0. The molecule has 0 saturated heterocycles. The van der Waals surface area contributed by atoms with Gasteiger partial charge in [-0.1, -0.05) is 199 Å². The Morgan fingerprint density at radius 2 is 0.900 bits per heavy atom. The molecule has 0 radical (unpaired) electrons. The first-order valence-electron chi connectivity index (χ1n) is 25.1. The van der Waals surface area contributed by atoms with Crippen LogP contribution in [0.15, 0.2) is 24.3 Å². The average molecular weight is 871 g/mol. The van der Waals surface area contributed by atoms with Gasteiger partial charge < -0.3 is 18.9 Å². The van der Waals surface area contributed by atoms with Gasteiger partial charge in [0.05, 0.1) is 27.7 Å². The van der Waals surface area contributed by atoms with E-state index in [9.17, 15) is 19.0 Å². The number of likely N-dealkylation sites (N-methyl/N-ethyl adjacent to an activating group) is 1. The number of hydrogen-bond acceptors (Lipinski definition) is 7. The summed E-state index contributed by atoms with van der Waals surface area (Å²) in [5.74, 6) is -0.796. The molecule has 0 aliphatic rings. The maximum Gasteiger partial charge on any atom is 0.472 e. The average Bonchev–Trinajstić information content (AvgIpc) is 3.20. The molecule has 0 bridgehead atoms. The standard InChI is InChI=1S/C50H96NO8P/c1-6-8-10-12-14-16-18-20-22-24-25-27-28-30-32-34-36-38-40-42-49(52)56-46-48(47-58-60(54,55)57-45-44-51(3,4)5)59-50(53)43-41-39-37-35-33-31-29-26-23-21-19-17-15-13-11-9-7-2/h15,17,21,23,48H,6-14,16,18-20,22,24-47H2,1-5H3/p+1/b17-15-,23-21-. The molecule has 0 aromatic carbocycles. The Hall–Kier alpha value is -1.51. The second-order valence-corrected chi connectivity index (χ2v) is 19.7. The van der Waals surface area contributed by atoms with Gasteiger partial charge in [0, 0.05) is 12.8 Å². The van der Waals surface area contributed by atoms with E-state index < -0.39 is 26.5 Å². The number of carbonyl (C=O) groups excluding carboxylic acids is 2. The Morgan fingerprint density at radius 3 is 1.35 bits per heavy atom. The van der Waals surface area contributed by atoms with E-state index in [2.05, 4.69) is 38.2 Å². The fourth-order valence-electron chi connectivity index (χ4n) is 7.05. The van der Waals surface area contributed by atoms with Gasteiger partial charge in [0.15, 0.2) is 6.10 Å². The van der Waals surface area contributed by atoms with Gasteiger partial charge in [0.2, 0.25) is 0 Å². The van der Waals surface area contributed by atoms with Crippen molar-refractivity contribution in [3.63, 3.8) is 0 Å². The smallest absolute Gasteiger partial charge is 0.462 e. The molecular formula is C50H97NO8P+. The largest absolute Gasteiger partial charge is 0.472 e. The van der Waals surface area contributed by atoms with Crippen LogP contribution in [0.25, 0.3) is 0 Å². The molecule has 2 atom stereocenters. The minimum atomic E-state index is -4.38. The highest BCUT2D eigenvalue weighted by atomic mass is 31.2. The lowest BCUT2D eigenvalue weighted by Gasteiger charge is -2.24. The first kappa shape index (κ1) is 58.5. The summed E-state index contributed by atoms with van der Waals surface area (Å²) in [6, 6.07) is 0. The highest BCUT2D eigenvalue weighted by Gasteiger charge is 2.27. The zero-order chi connectivity index (χ0) is 44.3. The maximum absolute atomic E-state index is 12.7. The number of allylic oxidation sites excluding steroid dienone is 4. The number of rotatable bonds is 46. The van der Waals surface area contributed by atoms with Gasteiger partial charge in [-0.3, -0.25) is 18.6 Å².